The summed E-state index contributed by atoms with van der Waals surface area (Å²) in [6.45, 7) is 4.78. The standard InChI is InChI=1S/C13H15N3O2/c1-2-3-13(17)15-11-4-5-12(14-10-11)16-6-8-18-9-7-16/h4-5,10H,6-9H2,1H3,(H,15,17). The van der Waals surface area contributed by atoms with E-state index < -0.39 is 0 Å². The number of aromatic nitrogens is 1. The summed E-state index contributed by atoms with van der Waals surface area (Å²) in [7, 11) is 0. The van der Waals surface area contributed by atoms with Gasteiger partial charge in [-0.15, -0.1) is 0 Å². The number of hydrogen-bond acceptors (Lipinski definition) is 4. The van der Waals surface area contributed by atoms with Gasteiger partial charge in [0.1, 0.15) is 5.82 Å². The van der Waals surface area contributed by atoms with Crippen molar-refractivity contribution in [1.29, 1.82) is 0 Å². The van der Waals surface area contributed by atoms with Crippen LogP contribution in [0.1, 0.15) is 6.92 Å². The van der Waals surface area contributed by atoms with Gasteiger partial charge in [0.2, 0.25) is 0 Å². The fourth-order valence-electron chi connectivity index (χ4n) is 1.72. The maximum atomic E-state index is 11.3. The summed E-state index contributed by atoms with van der Waals surface area (Å²) in [5.74, 6) is 5.54. The first-order valence-electron chi connectivity index (χ1n) is 5.82. The van der Waals surface area contributed by atoms with Crippen molar-refractivity contribution in [3.63, 3.8) is 0 Å². The normalized spacial score (nSPS) is 14.6. The van der Waals surface area contributed by atoms with E-state index in [0.29, 0.717) is 5.69 Å². The van der Waals surface area contributed by atoms with Gasteiger partial charge in [0.05, 0.1) is 25.1 Å². The molecule has 1 N–H and O–H groups in total. The lowest BCUT2D eigenvalue weighted by atomic mass is 10.3. The molecule has 1 aromatic rings. The number of anilines is 2. The van der Waals surface area contributed by atoms with Gasteiger partial charge in [0.15, 0.2) is 0 Å². The van der Waals surface area contributed by atoms with E-state index in [-0.39, 0.29) is 5.91 Å². The molecule has 5 heteroatoms. The van der Waals surface area contributed by atoms with E-state index in [1.54, 1.807) is 13.1 Å². The largest absolute Gasteiger partial charge is 0.378 e. The summed E-state index contributed by atoms with van der Waals surface area (Å²) in [6.07, 6.45) is 1.64. The molecule has 94 valence electrons. The van der Waals surface area contributed by atoms with Crippen LogP contribution in [0, 0.1) is 11.8 Å². The second-order valence-electron chi connectivity index (χ2n) is 3.83. The summed E-state index contributed by atoms with van der Waals surface area (Å²) in [4.78, 5) is 17.7. The van der Waals surface area contributed by atoms with Crippen molar-refractivity contribution in [2.45, 2.75) is 6.92 Å². The molecular formula is C13H15N3O2. The monoisotopic (exact) mass is 245 g/mol. The fraction of sp³-hybridized carbons (Fsp3) is 0.385. The van der Waals surface area contributed by atoms with Crippen LogP contribution in [-0.4, -0.2) is 37.2 Å². The first-order chi connectivity index (χ1) is 8.79. The molecule has 1 aromatic heterocycles. The Balaban J connectivity index is 1.99. The van der Waals surface area contributed by atoms with E-state index in [1.807, 2.05) is 12.1 Å². The van der Waals surface area contributed by atoms with Crippen molar-refractivity contribution in [1.82, 2.24) is 4.98 Å². The Kier molecular flexibility index (Phi) is 4.15. The Morgan fingerprint density at radius 3 is 2.83 bits per heavy atom. The van der Waals surface area contributed by atoms with E-state index >= 15 is 0 Å². The number of morpholine rings is 1. The van der Waals surface area contributed by atoms with Gasteiger partial charge in [-0.25, -0.2) is 4.98 Å². The van der Waals surface area contributed by atoms with Gasteiger partial charge in [-0.05, 0) is 25.0 Å². The van der Waals surface area contributed by atoms with Crippen molar-refractivity contribution < 1.29 is 9.53 Å². The van der Waals surface area contributed by atoms with Gasteiger partial charge in [0.25, 0.3) is 5.91 Å². The Bertz CT molecular complexity index is 467. The van der Waals surface area contributed by atoms with Gasteiger partial charge < -0.3 is 15.0 Å². The Morgan fingerprint density at radius 2 is 2.22 bits per heavy atom. The Labute approximate surface area is 106 Å². The number of rotatable bonds is 2. The van der Waals surface area contributed by atoms with Gasteiger partial charge in [-0.3, -0.25) is 4.79 Å². The molecule has 2 rings (SSSR count). The molecule has 1 amide bonds. The highest BCUT2D eigenvalue weighted by atomic mass is 16.5. The summed E-state index contributed by atoms with van der Waals surface area (Å²) < 4.78 is 5.28. The van der Waals surface area contributed by atoms with Crippen LogP contribution in [0.4, 0.5) is 11.5 Å². The molecular weight excluding hydrogens is 230 g/mol. The van der Waals surface area contributed by atoms with E-state index in [2.05, 4.69) is 27.0 Å². The lowest BCUT2D eigenvalue weighted by molar-refractivity contribution is -0.111. The molecule has 1 saturated heterocycles. The van der Waals surface area contributed by atoms with E-state index in [9.17, 15) is 4.79 Å². The van der Waals surface area contributed by atoms with Crippen molar-refractivity contribution in [3.8, 4) is 11.8 Å². The minimum Gasteiger partial charge on any atom is -0.378 e. The molecule has 0 aliphatic carbocycles. The van der Waals surface area contributed by atoms with Crippen LogP contribution in [0.5, 0.6) is 0 Å². The average Bonchev–Trinajstić information content (AvgIpc) is 2.41. The molecule has 0 spiro atoms. The number of carbonyl (C=O) groups is 1. The topological polar surface area (TPSA) is 54.5 Å². The highest BCUT2D eigenvalue weighted by Gasteiger charge is 2.11. The van der Waals surface area contributed by atoms with Gasteiger partial charge >= 0.3 is 0 Å². The first-order valence-corrected chi connectivity index (χ1v) is 5.82. The SMILES string of the molecule is CC#CC(=O)Nc1ccc(N2CCOCC2)nc1. The molecule has 0 bridgehead atoms. The summed E-state index contributed by atoms with van der Waals surface area (Å²) in [5, 5.41) is 2.65. The second kappa shape index (κ2) is 6.03. The number of nitrogens with one attached hydrogen (secondary N) is 1. The zero-order chi connectivity index (χ0) is 12.8. The van der Waals surface area contributed by atoms with Crippen molar-refractivity contribution in [3.05, 3.63) is 18.3 Å². The molecule has 18 heavy (non-hydrogen) atoms. The van der Waals surface area contributed by atoms with Gasteiger partial charge in [-0.1, -0.05) is 5.92 Å². The van der Waals surface area contributed by atoms with Crippen LogP contribution < -0.4 is 10.2 Å². The van der Waals surface area contributed by atoms with Crippen LogP contribution in [0.3, 0.4) is 0 Å². The molecule has 1 fully saturated rings. The van der Waals surface area contributed by atoms with Crippen molar-refractivity contribution >= 4 is 17.4 Å². The molecule has 0 radical (unpaired) electrons. The molecule has 1 aliphatic heterocycles. The lowest BCUT2D eigenvalue weighted by Gasteiger charge is -2.27. The number of amides is 1. The summed E-state index contributed by atoms with van der Waals surface area (Å²) in [5.41, 5.74) is 0.653. The van der Waals surface area contributed by atoms with Crippen LogP contribution in [0.15, 0.2) is 18.3 Å². The van der Waals surface area contributed by atoms with E-state index in [4.69, 9.17) is 4.74 Å². The molecule has 1 aliphatic rings. The quantitative estimate of drug-likeness (QED) is 0.786. The van der Waals surface area contributed by atoms with E-state index in [0.717, 1.165) is 32.1 Å². The fourth-order valence-corrected chi connectivity index (χ4v) is 1.72. The third-order valence-corrected chi connectivity index (χ3v) is 2.58. The number of carbonyl (C=O) groups excluding carboxylic acids is 1. The van der Waals surface area contributed by atoms with Crippen LogP contribution in [-0.2, 0) is 9.53 Å². The number of hydrogen-bond donors (Lipinski definition) is 1. The van der Waals surface area contributed by atoms with Crippen LogP contribution in [0.25, 0.3) is 0 Å². The Morgan fingerprint density at radius 1 is 1.44 bits per heavy atom. The highest BCUT2D eigenvalue weighted by Crippen LogP contribution is 2.15. The van der Waals surface area contributed by atoms with Crippen molar-refractivity contribution in [2.24, 2.45) is 0 Å². The molecule has 0 saturated carbocycles. The molecule has 0 aromatic carbocycles. The van der Waals surface area contributed by atoms with Crippen LogP contribution >= 0.6 is 0 Å². The van der Waals surface area contributed by atoms with Crippen molar-refractivity contribution in [2.75, 3.05) is 36.5 Å². The maximum Gasteiger partial charge on any atom is 0.300 e. The second-order valence-corrected chi connectivity index (χ2v) is 3.83. The molecule has 2 heterocycles. The highest BCUT2D eigenvalue weighted by molar-refractivity contribution is 6.03. The first kappa shape index (κ1) is 12.4. The Hall–Kier alpha value is -2.06. The minimum absolute atomic E-state index is 0.321. The zero-order valence-electron chi connectivity index (χ0n) is 10.3. The molecule has 5 nitrogen and oxygen atoms in total. The van der Waals surface area contributed by atoms with Gasteiger partial charge in [-0.2, -0.15) is 0 Å². The van der Waals surface area contributed by atoms with Crippen LogP contribution in [0.2, 0.25) is 0 Å². The predicted octanol–water partition coefficient (Wildman–Crippen LogP) is 0.880. The number of ether oxygens (including phenoxy) is 1. The third kappa shape index (κ3) is 3.22. The average molecular weight is 245 g/mol. The summed E-state index contributed by atoms with van der Waals surface area (Å²) >= 11 is 0. The zero-order valence-corrected chi connectivity index (χ0v) is 10.3. The summed E-state index contributed by atoms with van der Waals surface area (Å²) in [6, 6.07) is 3.72. The number of pyridine rings is 1. The molecule has 0 unspecified atom stereocenters. The maximum absolute atomic E-state index is 11.3. The minimum atomic E-state index is -0.321. The van der Waals surface area contributed by atoms with Gasteiger partial charge in [0, 0.05) is 13.1 Å². The number of nitrogens with zero attached hydrogens (tertiary/aromatic N) is 2. The smallest absolute Gasteiger partial charge is 0.300 e. The third-order valence-electron chi connectivity index (χ3n) is 2.58. The lowest BCUT2D eigenvalue weighted by Crippen LogP contribution is -2.36. The molecule has 0 atom stereocenters. The predicted molar refractivity (Wildman–Crippen MR) is 69.3 cm³/mol. The van der Waals surface area contributed by atoms with E-state index in [1.165, 1.54) is 0 Å².